The van der Waals surface area contributed by atoms with E-state index in [2.05, 4.69) is 31.2 Å². The molecule has 0 fully saturated rings. The molecule has 1 aliphatic rings. The van der Waals surface area contributed by atoms with Gasteiger partial charge in [0.1, 0.15) is 0 Å². The van der Waals surface area contributed by atoms with Crippen molar-refractivity contribution >= 4 is 0 Å². The molecule has 3 unspecified atom stereocenters. The van der Waals surface area contributed by atoms with E-state index in [9.17, 15) is 0 Å². The Bertz CT molecular complexity index is 377. The van der Waals surface area contributed by atoms with Crippen LogP contribution in [-0.2, 0) is 17.6 Å². The Morgan fingerprint density at radius 3 is 2.78 bits per heavy atom. The van der Waals surface area contributed by atoms with Gasteiger partial charge in [0, 0.05) is 19.8 Å². The smallest absolute Gasteiger partial charge is 0.0465 e. The first-order valence-corrected chi connectivity index (χ1v) is 7.03. The van der Waals surface area contributed by atoms with Crippen molar-refractivity contribution in [2.75, 3.05) is 13.7 Å². The lowest BCUT2D eigenvalue weighted by molar-refractivity contribution is 0.164. The van der Waals surface area contributed by atoms with Crippen LogP contribution in [0.2, 0.25) is 0 Å². The number of nitrogens with two attached hydrogens (primary N) is 1. The molecule has 2 N–H and O–H groups in total. The lowest BCUT2D eigenvalue weighted by atomic mass is 9.76. The summed E-state index contributed by atoms with van der Waals surface area (Å²) >= 11 is 0. The summed E-state index contributed by atoms with van der Waals surface area (Å²) in [5.74, 6) is 1.17. The van der Waals surface area contributed by atoms with Gasteiger partial charge < -0.3 is 10.5 Å². The highest BCUT2D eigenvalue weighted by Gasteiger charge is 2.26. The van der Waals surface area contributed by atoms with Crippen LogP contribution in [0, 0.1) is 11.8 Å². The van der Waals surface area contributed by atoms with Crippen LogP contribution in [-0.4, -0.2) is 19.8 Å². The van der Waals surface area contributed by atoms with Crippen molar-refractivity contribution < 1.29 is 4.74 Å². The van der Waals surface area contributed by atoms with E-state index < -0.39 is 0 Å². The maximum absolute atomic E-state index is 6.43. The Hall–Kier alpha value is -0.860. The van der Waals surface area contributed by atoms with Crippen LogP contribution in [0.15, 0.2) is 24.3 Å². The van der Waals surface area contributed by atoms with Gasteiger partial charge in [-0.25, -0.2) is 0 Å². The van der Waals surface area contributed by atoms with Crippen molar-refractivity contribution in [3.63, 3.8) is 0 Å². The molecule has 0 spiro atoms. The second-order valence-corrected chi connectivity index (χ2v) is 5.61. The third-order valence-corrected chi connectivity index (χ3v) is 4.36. The van der Waals surface area contributed by atoms with Gasteiger partial charge in [0.2, 0.25) is 0 Å². The third-order valence-electron chi connectivity index (χ3n) is 4.36. The third kappa shape index (κ3) is 3.12. The number of aryl methyl sites for hydroxylation is 1. The highest BCUT2D eigenvalue weighted by Crippen LogP contribution is 2.29. The molecule has 0 amide bonds. The van der Waals surface area contributed by atoms with E-state index in [1.54, 1.807) is 7.11 Å². The van der Waals surface area contributed by atoms with E-state index in [0.29, 0.717) is 17.9 Å². The van der Waals surface area contributed by atoms with Gasteiger partial charge in [-0.3, -0.25) is 0 Å². The second-order valence-electron chi connectivity index (χ2n) is 5.61. The van der Waals surface area contributed by atoms with Crippen LogP contribution in [0.4, 0.5) is 0 Å². The van der Waals surface area contributed by atoms with Crippen molar-refractivity contribution in [3.8, 4) is 0 Å². The SMILES string of the molecule is COCCC(C)C(N)C1CCc2ccccc2C1. The van der Waals surface area contributed by atoms with Gasteiger partial charge in [-0.15, -0.1) is 0 Å². The van der Waals surface area contributed by atoms with Crippen LogP contribution in [0.25, 0.3) is 0 Å². The standard InChI is InChI=1S/C16H25NO/c1-12(9-10-18-2)16(17)15-8-7-13-5-3-4-6-14(13)11-15/h3-6,12,15-16H,7-11,17H2,1-2H3. The maximum atomic E-state index is 6.43. The molecule has 100 valence electrons. The quantitative estimate of drug-likeness (QED) is 0.868. The lowest BCUT2D eigenvalue weighted by Crippen LogP contribution is -2.39. The van der Waals surface area contributed by atoms with Crippen LogP contribution in [0.3, 0.4) is 0 Å². The zero-order chi connectivity index (χ0) is 13.0. The Morgan fingerprint density at radius 1 is 1.33 bits per heavy atom. The summed E-state index contributed by atoms with van der Waals surface area (Å²) in [6, 6.07) is 9.09. The van der Waals surface area contributed by atoms with Crippen molar-refractivity contribution in [2.24, 2.45) is 17.6 Å². The molecule has 1 aliphatic carbocycles. The molecule has 0 bridgehead atoms. The molecule has 0 saturated heterocycles. The number of rotatable bonds is 5. The summed E-state index contributed by atoms with van der Waals surface area (Å²) < 4.78 is 5.15. The minimum Gasteiger partial charge on any atom is -0.385 e. The van der Waals surface area contributed by atoms with Gasteiger partial charge >= 0.3 is 0 Å². The van der Waals surface area contributed by atoms with Crippen molar-refractivity contribution in [1.29, 1.82) is 0 Å². The van der Waals surface area contributed by atoms with Crippen LogP contribution in [0.1, 0.15) is 30.9 Å². The molecule has 3 atom stereocenters. The summed E-state index contributed by atoms with van der Waals surface area (Å²) in [4.78, 5) is 0. The molecule has 1 aromatic rings. The van der Waals surface area contributed by atoms with Gasteiger partial charge in [-0.2, -0.15) is 0 Å². The minimum absolute atomic E-state index is 0.300. The summed E-state index contributed by atoms with van der Waals surface area (Å²) in [6.07, 6.45) is 4.63. The topological polar surface area (TPSA) is 35.2 Å². The molecule has 0 saturated carbocycles. The van der Waals surface area contributed by atoms with Crippen molar-refractivity contribution in [3.05, 3.63) is 35.4 Å². The Balaban J connectivity index is 1.95. The van der Waals surface area contributed by atoms with Gasteiger partial charge in [-0.05, 0) is 48.6 Å². The summed E-state index contributed by atoms with van der Waals surface area (Å²) in [6.45, 7) is 3.07. The average molecular weight is 247 g/mol. The molecule has 0 radical (unpaired) electrons. The first kappa shape index (κ1) is 13.6. The molecule has 0 heterocycles. The van der Waals surface area contributed by atoms with E-state index in [-0.39, 0.29) is 0 Å². The predicted octanol–water partition coefficient (Wildman–Crippen LogP) is 2.79. The number of hydrogen-bond acceptors (Lipinski definition) is 2. The highest BCUT2D eigenvalue weighted by atomic mass is 16.5. The molecule has 0 aromatic heterocycles. The lowest BCUT2D eigenvalue weighted by Gasteiger charge is -2.32. The number of fused-ring (bicyclic) bond motifs is 1. The Kier molecular flexibility index (Phi) is 4.79. The first-order valence-electron chi connectivity index (χ1n) is 7.03. The fourth-order valence-corrected chi connectivity index (χ4v) is 3.02. The fraction of sp³-hybridized carbons (Fsp3) is 0.625. The number of ether oxygens (including phenoxy) is 1. The van der Waals surface area contributed by atoms with Gasteiger partial charge in [0.05, 0.1) is 0 Å². The minimum atomic E-state index is 0.300. The molecular formula is C16H25NO. The van der Waals surface area contributed by atoms with Gasteiger partial charge in [-0.1, -0.05) is 31.2 Å². The van der Waals surface area contributed by atoms with E-state index in [1.807, 2.05) is 0 Å². The van der Waals surface area contributed by atoms with Crippen LogP contribution < -0.4 is 5.73 Å². The predicted molar refractivity (Wildman–Crippen MR) is 75.6 cm³/mol. The first-order chi connectivity index (χ1) is 8.72. The summed E-state index contributed by atoms with van der Waals surface area (Å²) in [5.41, 5.74) is 9.46. The Morgan fingerprint density at radius 2 is 2.06 bits per heavy atom. The van der Waals surface area contributed by atoms with Gasteiger partial charge in [0.25, 0.3) is 0 Å². The second kappa shape index (κ2) is 6.35. The summed E-state index contributed by atoms with van der Waals surface area (Å²) in [7, 11) is 1.76. The monoisotopic (exact) mass is 247 g/mol. The zero-order valence-corrected chi connectivity index (χ0v) is 11.6. The largest absolute Gasteiger partial charge is 0.385 e. The molecule has 0 aliphatic heterocycles. The number of methoxy groups -OCH3 is 1. The maximum Gasteiger partial charge on any atom is 0.0465 e. The molecule has 2 rings (SSSR count). The average Bonchev–Trinajstić information content (AvgIpc) is 2.43. The van der Waals surface area contributed by atoms with E-state index in [4.69, 9.17) is 10.5 Å². The van der Waals surface area contributed by atoms with Crippen LogP contribution >= 0.6 is 0 Å². The Labute approximate surface area is 111 Å². The van der Waals surface area contributed by atoms with Crippen LogP contribution in [0.5, 0.6) is 0 Å². The summed E-state index contributed by atoms with van der Waals surface area (Å²) in [5, 5.41) is 0. The molecule has 2 nitrogen and oxygen atoms in total. The molecule has 1 aromatic carbocycles. The molecular weight excluding hydrogens is 222 g/mol. The normalized spacial score (nSPS) is 22.3. The molecule has 18 heavy (non-hydrogen) atoms. The van der Waals surface area contributed by atoms with Crippen molar-refractivity contribution in [2.45, 2.75) is 38.6 Å². The highest BCUT2D eigenvalue weighted by molar-refractivity contribution is 5.30. The number of hydrogen-bond donors (Lipinski definition) is 1. The molecule has 2 heteroatoms. The van der Waals surface area contributed by atoms with Crippen molar-refractivity contribution in [1.82, 2.24) is 0 Å². The van der Waals surface area contributed by atoms with Gasteiger partial charge in [0.15, 0.2) is 0 Å². The number of benzene rings is 1. The van der Waals surface area contributed by atoms with E-state index >= 15 is 0 Å². The van der Waals surface area contributed by atoms with E-state index in [1.165, 1.54) is 24.0 Å². The van der Waals surface area contributed by atoms with E-state index in [0.717, 1.165) is 19.4 Å². The zero-order valence-electron chi connectivity index (χ0n) is 11.6. The fourth-order valence-electron chi connectivity index (χ4n) is 3.02.